The Morgan fingerprint density at radius 3 is 1.93 bits per heavy atom. The summed E-state index contributed by atoms with van der Waals surface area (Å²) in [5.41, 5.74) is 1.81. The van der Waals surface area contributed by atoms with E-state index in [1.807, 2.05) is 59.7 Å². The molecule has 0 saturated heterocycles. The van der Waals surface area contributed by atoms with Gasteiger partial charge in [-0.3, -0.25) is 0 Å². The van der Waals surface area contributed by atoms with Gasteiger partial charge in [0, 0.05) is 10.8 Å². The van der Waals surface area contributed by atoms with Crippen LogP contribution >= 0.6 is 0 Å². The number of hydrogen-bond acceptors (Lipinski definition) is 6. The van der Waals surface area contributed by atoms with Crippen molar-refractivity contribution in [2.45, 2.75) is 54.4 Å². The monoisotopic (exact) mass is 416 g/mol. The SMILES string of the molecule is CCc1ccc2c(OC(=O)OCC(C)C)cc(CC)c(OC(=O)OCC(C)C)c2c1. The molecule has 6 heteroatoms. The minimum absolute atomic E-state index is 0.208. The van der Waals surface area contributed by atoms with Crippen LogP contribution in [0.2, 0.25) is 0 Å². The van der Waals surface area contributed by atoms with Crippen molar-refractivity contribution in [2.75, 3.05) is 13.2 Å². The normalized spacial score (nSPS) is 11.1. The van der Waals surface area contributed by atoms with Crippen molar-refractivity contribution in [1.29, 1.82) is 0 Å². The van der Waals surface area contributed by atoms with E-state index >= 15 is 0 Å². The van der Waals surface area contributed by atoms with E-state index in [4.69, 9.17) is 18.9 Å². The van der Waals surface area contributed by atoms with Crippen LogP contribution in [0.15, 0.2) is 24.3 Å². The lowest BCUT2D eigenvalue weighted by atomic mass is 9.99. The molecule has 0 radical (unpaired) electrons. The maximum atomic E-state index is 12.2. The Labute approximate surface area is 178 Å². The van der Waals surface area contributed by atoms with E-state index in [0.29, 0.717) is 28.7 Å². The van der Waals surface area contributed by atoms with Crippen LogP contribution in [0.1, 0.15) is 52.7 Å². The molecule has 0 fully saturated rings. The average molecular weight is 417 g/mol. The lowest BCUT2D eigenvalue weighted by Crippen LogP contribution is -2.16. The fourth-order valence-corrected chi connectivity index (χ4v) is 2.86. The largest absolute Gasteiger partial charge is 0.513 e. The number of carbonyl (C=O) groups excluding carboxylic acids is 2. The standard InChI is InChI=1S/C24H32O6/c1-7-17-9-10-19-20(11-17)22(30-24(26)28-14-16(5)6)18(8-2)12-21(19)29-23(25)27-13-15(3)4/h9-12,15-16H,7-8,13-14H2,1-6H3. The van der Waals surface area contributed by atoms with E-state index in [1.165, 1.54) is 0 Å². The van der Waals surface area contributed by atoms with Crippen molar-refractivity contribution in [3.63, 3.8) is 0 Å². The first-order chi connectivity index (χ1) is 14.2. The number of rotatable bonds is 8. The molecule has 0 aliphatic heterocycles. The van der Waals surface area contributed by atoms with E-state index in [0.717, 1.165) is 17.5 Å². The van der Waals surface area contributed by atoms with Crippen molar-refractivity contribution < 1.29 is 28.5 Å². The van der Waals surface area contributed by atoms with E-state index in [1.54, 1.807) is 6.07 Å². The topological polar surface area (TPSA) is 71.1 Å². The summed E-state index contributed by atoms with van der Waals surface area (Å²) in [4.78, 5) is 24.4. The Morgan fingerprint density at radius 1 is 0.800 bits per heavy atom. The van der Waals surface area contributed by atoms with Gasteiger partial charge in [0.1, 0.15) is 11.5 Å². The Hall–Kier alpha value is -2.76. The van der Waals surface area contributed by atoms with Crippen LogP contribution in [0.25, 0.3) is 10.8 Å². The molecule has 0 saturated carbocycles. The second-order valence-electron chi connectivity index (χ2n) is 8.06. The van der Waals surface area contributed by atoms with Crippen molar-refractivity contribution in [3.8, 4) is 11.5 Å². The first kappa shape index (κ1) is 23.5. The van der Waals surface area contributed by atoms with Gasteiger partial charge in [-0.1, -0.05) is 53.7 Å². The summed E-state index contributed by atoms with van der Waals surface area (Å²) in [7, 11) is 0. The fraction of sp³-hybridized carbons (Fsp3) is 0.500. The van der Waals surface area contributed by atoms with Crippen molar-refractivity contribution >= 4 is 23.1 Å². The third-order valence-electron chi connectivity index (χ3n) is 4.43. The van der Waals surface area contributed by atoms with Gasteiger partial charge < -0.3 is 18.9 Å². The zero-order chi connectivity index (χ0) is 22.3. The van der Waals surface area contributed by atoms with Crippen LogP contribution in [0.5, 0.6) is 11.5 Å². The highest BCUT2D eigenvalue weighted by molar-refractivity contribution is 5.97. The maximum Gasteiger partial charge on any atom is 0.513 e. The molecule has 0 atom stereocenters. The number of aryl methyl sites for hydroxylation is 2. The minimum Gasteiger partial charge on any atom is -0.434 e. The highest BCUT2D eigenvalue weighted by Crippen LogP contribution is 2.38. The summed E-state index contributed by atoms with van der Waals surface area (Å²) in [5, 5.41) is 1.36. The van der Waals surface area contributed by atoms with Gasteiger partial charge in [-0.05, 0) is 47.9 Å². The molecular weight excluding hydrogens is 384 g/mol. The van der Waals surface area contributed by atoms with Crippen molar-refractivity contribution in [1.82, 2.24) is 0 Å². The quantitative estimate of drug-likeness (QED) is 0.371. The molecule has 0 spiro atoms. The molecule has 0 unspecified atom stereocenters. The molecular formula is C24H32O6. The Balaban J connectivity index is 2.45. The lowest BCUT2D eigenvalue weighted by molar-refractivity contribution is 0.0870. The van der Waals surface area contributed by atoms with Crippen LogP contribution in [0.4, 0.5) is 9.59 Å². The third-order valence-corrected chi connectivity index (χ3v) is 4.43. The Bertz CT molecular complexity index is 885. The summed E-state index contributed by atoms with van der Waals surface area (Å²) in [6.07, 6.45) is -0.102. The van der Waals surface area contributed by atoms with E-state index in [2.05, 4.69) is 0 Å². The highest BCUT2D eigenvalue weighted by atomic mass is 16.7. The maximum absolute atomic E-state index is 12.2. The average Bonchev–Trinajstić information content (AvgIpc) is 2.71. The molecule has 0 aromatic heterocycles. The molecule has 0 amide bonds. The molecule has 0 bridgehead atoms. The Morgan fingerprint density at radius 2 is 1.40 bits per heavy atom. The van der Waals surface area contributed by atoms with Gasteiger partial charge in [-0.25, -0.2) is 9.59 Å². The second-order valence-corrected chi connectivity index (χ2v) is 8.06. The number of ether oxygens (including phenoxy) is 4. The molecule has 0 heterocycles. The summed E-state index contributed by atoms with van der Waals surface area (Å²) >= 11 is 0. The zero-order valence-corrected chi connectivity index (χ0v) is 18.7. The zero-order valence-electron chi connectivity index (χ0n) is 18.7. The van der Waals surface area contributed by atoms with E-state index in [9.17, 15) is 9.59 Å². The van der Waals surface area contributed by atoms with Crippen LogP contribution in [0.3, 0.4) is 0 Å². The molecule has 6 nitrogen and oxygen atoms in total. The van der Waals surface area contributed by atoms with E-state index < -0.39 is 12.3 Å². The van der Waals surface area contributed by atoms with Crippen LogP contribution in [-0.4, -0.2) is 25.5 Å². The summed E-state index contributed by atoms with van der Waals surface area (Å²) in [5.74, 6) is 1.22. The van der Waals surface area contributed by atoms with Crippen LogP contribution in [0, 0.1) is 11.8 Å². The second kappa shape index (κ2) is 10.9. The molecule has 164 valence electrons. The minimum atomic E-state index is -0.753. The molecule has 2 aromatic rings. The molecule has 2 aromatic carbocycles. The first-order valence-corrected chi connectivity index (χ1v) is 10.5. The van der Waals surface area contributed by atoms with Crippen LogP contribution in [-0.2, 0) is 22.3 Å². The fourth-order valence-electron chi connectivity index (χ4n) is 2.86. The van der Waals surface area contributed by atoms with Gasteiger partial charge in [0.25, 0.3) is 0 Å². The van der Waals surface area contributed by atoms with Gasteiger partial charge >= 0.3 is 12.3 Å². The number of fused-ring (bicyclic) bond motifs is 1. The summed E-state index contributed by atoms with van der Waals surface area (Å²) < 4.78 is 21.5. The molecule has 0 aliphatic carbocycles. The van der Waals surface area contributed by atoms with Crippen molar-refractivity contribution in [2.24, 2.45) is 11.8 Å². The smallest absolute Gasteiger partial charge is 0.434 e. The molecule has 30 heavy (non-hydrogen) atoms. The lowest BCUT2D eigenvalue weighted by Gasteiger charge is -2.17. The number of benzene rings is 2. The Kier molecular flexibility index (Phi) is 8.51. The van der Waals surface area contributed by atoms with Gasteiger partial charge in [0.05, 0.1) is 13.2 Å². The molecule has 2 rings (SSSR count). The molecule has 0 N–H and O–H groups in total. The van der Waals surface area contributed by atoms with Gasteiger partial charge in [0.15, 0.2) is 0 Å². The first-order valence-electron chi connectivity index (χ1n) is 10.5. The summed E-state index contributed by atoms with van der Waals surface area (Å²) in [6.45, 7) is 12.4. The van der Waals surface area contributed by atoms with Gasteiger partial charge in [-0.2, -0.15) is 0 Å². The van der Waals surface area contributed by atoms with Crippen LogP contribution < -0.4 is 9.47 Å². The predicted octanol–water partition coefficient (Wildman–Crippen LogP) is 6.31. The van der Waals surface area contributed by atoms with Gasteiger partial charge in [-0.15, -0.1) is 0 Å². The molecule has 0 aliphatic rings. The van der Waals surface area contributed by atoms with Crippen molar-refractivity contribution in [3.05, 3.63) is 35.4 Å². The number of hydrogen-bond donors (Lipinski definition) is 0. The number of carbonyl (C=O) groups is 2. The van der Waals surface area contributed by atoms with Gasteiger partial charge in [0.2, 0.25) is 0 Å². The third kappa shape index (κ3) is 6.37. The summed E-state index contributed by atoms with van der Waals surface area (Å²) in [6, 6.07) is 7.49. The highest BCUT2D eigenvalue weighted by Gasteiger charge is 2.20. The van der Waals surface area contributed by atoms with E-state index in [-0.39, 0.29) is 25.0 Å². The predicted molar refractivity (Wildman–Crippen MR) is 116 cm³/mol.